The lowest BCUT2D eigenvalue weighted by atomic mass is 10.0. The molecule has 4 heteroatoms. The summed E-state index contributed by atoms with van der Waals surface area (Å²) in [6, 6.07) is 10.7. The highest BCUT2D eigenvalue weighted by Gasteiger charge is 2.12. The number of benzene rings is 1. The first-order valence-corrected chi connectivity index (χ1v) is 7.72. The third kappa shape index (κ3) is 3.41. The Morgan fingerprint density at radius 1 is 1.29 bits per heavy atom. The summed E-state index contributed by atoms with van der Waals surface area (Å²) in [6.07, 6.45) is 0.876. The lowest BCUT2D eigenvalue weighted by Crippen LogP contribution is -2.11. The molecule has 1 unspecified atom stereocenters. The smallest absolute Gasteiger partial charge is 0.0843 e. The SMILES string of the molecule is Cc1cccc(CC(N)c2cc(Br)c(Br)s2)c1. The van der Waals surface area contributed by atoms with Crippen LogP contribution in [0.2, 0.25) is 0 Å². The molecule has 0 aliphatic heterocycles. The van der Waals surface area contributed by atoms with Crippen LogP contribution < -0.4 is 5.73 Å². The molecule has 2 rings (SSSR count). The molecule has 0 aliphatic carbocycles. The molecule has 1 aromatic carbocycles. The molecular weight excluding hydrogens is 362 g/mol. The minimum Gasteiger partial charge on any atom is -0.323 e. The number of nitrogens with two attached hydrogens (primary N) is 1. The molecule has 0 spiro atoms. The average Bonchev–Trinajstić information content (AvgIpc) is 2.59. The quantitative estimate of drug-likeness (QED) is 0.818. The summed E-state index contributed by atoms with van der Waals surface area (Å²) >= 11 is 8.68. The largest absolute Gasteiger partial charge is 0.323 e. The molecule has 2 aromatic rings. The van der Waals surface area contributed by atoms with E-state index in [1.54, 1.807) is 11.3 Å². The van der Waals surface area contributed by atoms with Crippen molar-refractivity contribution in [2.45, 2.75) is 19.4 Å². The highest BCUT2D eigenvalue weighted by atomic mass is 79.9. The van der Waals surface area contributed by atoms with Crippen molar-refractivity contribution < 1.29 is 0 Å². The van der Waals surface area contributed by atoms with Crippen LogP contribution >= 0.6 is 43.2 Å². The van der Waals surface area contributed by atoms with Crippen molar-refractivity contribution in [3.63, 3.8) is 0 Å². The zero-order valence-corrected chi connectivity index (χ0v) is 13.4. The van der Waals surface area contributed by atoms with Crippen LogP contribution in [0.1, 0.15) is 22.0 Å². The van der Waals surface area contributed by atoms with Crippen LogP contribution in [0.15, 0.2) is 38.6 Å². The standard InChI is InChI=1S/C13H13Br2NS/c1-8-3-2-4-9(5-8)6-11(16)12-7-10(14)13(15)17-12/h2-5,7,11H,6,16H2,1H3. The first kappa shape index (κ1) is 13.3. The summed E-state index contributed by atoms with van der Waals surface area (Å²) in [4.78, 5) is 1.20. The van der Waals surface area contributed by atoms with Gasteiger partial charge >= 0.3 is 0 Å². The molecule has 1 atom stereocenters. The number of halogens is 2. The van der Waals surface area contributed by atoms with Crippen LogP contribution in [0, 0.1) is 6.92 Å². The zero-order valence-electron chi connectivity index (χ0n) is 9.41. The summed E-state index contributed by atoms with van der Waals surface area (Å²) in [5.41, 5.74) is 8.80. The van der Waals surface area contributed by atoms with Gasteiger partial charge in [0.15, 0.2) is 0 Å². The van der Waals surface area contributed by atoms with Crippen molar-refractivity contribution in [3.05, 3.63) is 54.6 Å². The number of rotatable bonds is 3. The third-order valence-corrected chi connectivity index (χ3v) is 5.96. The zero-order chi connectivity index (χ0) is 12.4. The maximum atomic E-state index is 6.23. The molecular formula is C13H13Br2NS. The molecule has 0 aliphatic rings. The van der Waals surface area contributed by atoms with E-state index in [-0.39, 0.29) is 6.04 Å². The lowest BCUT2D eigenvalue weighted by molar-refractivity contribution is 0.736. The molecule has 0 radical (unpaired) electrons. The fraction of sp³-hybridized carbons (Fsp3) is 0.231. The van der Waals surface area contributed by atoms with E-state index in [1.807, 2.05) is 0 Å². The number of hydrogen-bond acceptors (Lipinski definition) is 2. The van der Waals surface area contributed by atoms with Gasteiger partial charge in [-0.2, -0.15) is 0 Å². The number of hydrogen-bond donors (Lipinski definition) is 1. The fourth-order valence-corrected chi connectivity index (χ4v) is 3.83. The Balaban J connectivity index is 2.14. The number of thiophene rings is 1. The normalized spacial score (nSPS) is 12.7. The molecule has 2 N–H and O–H groups in total. The molecule has 0 fully saturated rings. The van der Waals surface area contributed by atoms with Gasteiger partial charge in [-0.25, -0.2) is 0 Å². The summed E-state index contributed by atoms with van der Waals surface area (Å²) in [5.74, 6) is 0. The monoisotopic (exact) mass is 373 g/mol. The van der Waals surface area contributed by atoms with Crippen molar-refractivity contribution in [2.75, 3.05) is 0 Å². The second kappa shape index (κ2) is 5.65. The molecule has 0 amide bonds. The van der Waals surface area contributed by atoms with Crippen LogP contribution in [0.25, 0.3) is 0 Å². The Morgan fingerprint density at radius 2 is 2.06 bits per heavy atom. The van der Waals surface area contributed by atoms with Crippen molar-refractivity contribution in [3.8, 4) is 0 Å². The minimum absolute atomic E-state index is 0.0596. The molecule has 0 saturated carbocycles. The van der Waals surface area contributed by atoms with E-state index >= 15 is 0 Å². The van der Waals surface area contributed by atoms with Gasteiger partial charge in [-0.3, -0.25) is 0 Å². The Kier molecular flexibility index (Phi) is 4.42. The molecule has 1 heterocycles. The van der Waals surface area contributed by atoms with E-state index in [2.05, 4.69) is 69.1 Å². The summed E-state index contributed by atoms with van der Waals surface area (Å²) in [7, 11) is 0. The Bertz CT molecular complexity index is 502. The van der Waals surface area contributed by atoms with Gasteiger partial charge < -0.3 is 5.73 Å². The van der Waals surface area contributed by atoms with E-state index in [4.69, 9.17) is 5.73 Å². The molecule has 0 bridgehead atoms. The topological polar surface area (TPSA) is 26.0 Å². The number of aryl methyl sites for hydroxylation is 1. The second-order valence-electron chi connectivity index (χ2n) is 4.07. The van der Waals surface area contributed by atoms with Gasteiger partial charge in [0, 0.05) is 15.4 Å². The van der Waals surface area contributed by atoms with Crippen LogP contribution in [0.3, 0.4) is 0 Å². The average molecular weight is 375 g/mol. The van der Waals surface area contributed by atoms with Gasteiger partial charge in [0.1, 0.15) is 0 Å². The van der Waals surface area contributed by atoms with Gasteiger partial charge in [-0.05, 0) is 56.8 Å². The van der Waals surface area contributed by atoms with E-state index in [9.17, 15) is 0 Å². The summed E-state index contributed by atoms with van der Waals surface area (Å²) < 4.78 is 2.18. The maximum absolute atomic E-state index is 6.23. The molecule has 1 nitrogen and oxygen atoms in total. The van der Waals surface area contributed by atoms with E-state index in [0.717, 1.165) is 14.7 Å². The Labute approximate surface area is 122 Å². The van der Waals surface area contributed by atoms with E-state index in [1.165, 1.54) is 16.0 Å². The summed E-state index contributed by atoms with van der Waals surface area (Å²) in [6.45, 7) is 2.10. The van der Waals surface area contributed by atoms with Crippen LogP contribution in [-0.2, 0) is 6.42 Å². The van der Waals surface area contributed by atoms with E-state index < -0.39 is 0 Å². The molecule has 17 heavy (non-hydrogen) atoms. The maximum Gasteiger partial charge on any atom is 0.0843 e. The predicted molar refractivity (Wildman–Crippen MR) is 81.5 cm³/mol. The van der Waals surface area contributed by atoms with E-state index in [0.29, 0.717) is 0 Å². The minimum atomic E-state index is 0.0596. The molecule has 0 saturated heterocycles. The van der Waals surface area contributed by atoms with Crippen molar-refractivity contribution in [1.29, 1.82) is 0 Å². The highest BCUT2D eigenvalue weighted by molar-refractivity contribution is 9.13. The first-order chi connectivity index (χ1) is 8.06. The second-order valence-corrected chi connectivity index (χ2v) is 7.33. The molecule has 90 valence electrons. The predicted octanol–water partition coefficient (Wildman–Crippen LogP) is 4.82. The fourth-order valence-electron chi connectivity index (χ4n) is 1.74. The Morgan fingerprint density at radius 3 is 2.65 bits per heavy atom. The van der Waals surface area contributed by atoms with Crippen molar-refractivity contribution >= 4 is 43.2 Å². The Hall–Kier alpha value is -0.160. The van der Waals surface area contributed by atoms with Crippen LogP contribution in [0.4, 0.5) is 0 Å². The van der Waals surface area contributed by atoms with Gasteiger partial charge in [-0.15, -0.1) is 11.3 Å². The first-order valence-electron chi connectivity index (χ1n) is 5.32. The van der Waals surface area contributed by atoms with Gasteiger partial charge in [0.05, 0.1) is 3.79 Å². The van der Waals surface area contributed by atoms with Crippen molar-refractivity contribution in [1.82, 2.24) is 0 Å². The van der Waals surface area contributed by atoms with Gasteiger partial charge in [0.2, 0.25) is 0 Å². The van der Waals surface area contributed by atoms with Crippen LogP contribution in [-0.4, -0.2) is 0 Å². The summed E-state index contributed by atoms with van der Waals surface area (Å²) in [5, 5.41) is 0. The van der Waals surface area contributed by atoms with Gasteiger partial charge in [0.25, 0.3) is 0 Å². The molecule has 1 aromatic heterocycles. The third-order valence-electron chi connectivity index (χ3n) is 2.57. The highest BCUT2D eigenvalue weighted by Crippen LogP contribution is 2.35. The van der Waals surface area contributed by atoms with Crippen molar-refractivity contribution in [2.24, 2.45) is 5.73 Å². The lowest BCUT2D eigenvalue weighted by Gasteiger charge is -2.09. The van der Waals surface area contributed by atoms with Gasteiger partial charge in [-0.1, -0.05) is 29.8 Å². The van der Waals surface area contributed by atoms with Crippen LogP contribution in [0.5, 0.6) is 0 Å².